The zero-order chi connectivity index (χ0) is 27.2. The molecule has 0 spiro atoms. The van der Waals surface area contributed by atoms with Crippen LogP contribution < -0.4 is 5.32 Å². The SMILES string of the molecule is CCOC(=O)C1=C(CN2CC(F)(F)[C@H]3[C@@H]2CCN3C(=O)O)NC(c2nccs2)=N[C@H]1c1cccc(F)c1C. The van der Waals surface area contributed by atoms with Crippen molar-refractivity contribution in [3.05, 3.63) is 63.0 Å². The van der Waals surface area contributed by atoms with Gasteiger partial charge in [0.25, 0.3) is 5.92 Å². The van der Waals surface area contributed by atoms with Crippen molar-refractivity contribution < 1.29 is 32.6 Å². The van der Waals surface area contributed by atoms with Crippen molar-refractivity contribution in [2.75, 3.05) is 26.2 Å². The third-order valence-corrected chi connectivity index (χ3v) is 7.93. The number of benzene rings is 1. The van der Waals surface area contributed by atoms with E-state index >= 15 is 8.78 Å². The Morgan fingerprint density at radius 1 is 1.34 bits per heavy atom. The van der Waals surface area contributed by atoms with Crippen molar-refractivity contribution in [1.82, 2.24) is 20.1 Å². The predicted octanol–water partition coefficient (Wildman–Crippen LogP) is 3.57. The van der Waals surface area contributed by atoms with E-state index < -0.39 is 48.5 Å². The summed E-state index contributed by atoms with van der Waals surface area (Å²) in [5.74, 6) is -4.13. The second-order valence-corrected chi connectivity index (χ2v) is 10.2. The fourth-order valence-corrected chi connectivity index (χ4v) is 6.09. The van der Waals surface area contributed by atoms with Crippen molar-refractivity contribution in [3.63, 3.8) is 0 Å². The maximum absolute atomic E-state index is 15.1. The lowest BCUT2D eigenvalue weighted by Gasteiger charge is -2.31. The maximum atomic E-state index is 15.1. The molecular formula is C25H26F3N5O4S. The number of ether oxygens (including phenoxy) is 1. The second-order valence-electron chi connectivity index (χ2n) is 9.35. The average molecular weight is 550 g/mol. The summed E-state index contributed by atoms with van der Waals surface area (Å²) in [6.45, 7) is 2.48. The highest BCUT2D eigenvalue weighted by Crippen LogP contribution is 2.43. The number of nitrogens with zero attached hydrogens (tertiary/aromatic N) is 4. The van der Waals surface area contributed by atoms with E-state index in [2.05, 4.69) is 10.3 Å². The van der Waals surface area contributed by atoms with Crippen LogP contribution in [0.2, 0.25) is 0 Å². The summed E-state index contributed by atoms with van der Waals surface area (Å²) >= 11 is 1.29. The van der Waals surface area contributed by atoms with Gasteiger partial charge in [0.2, 0.25) is 0 Å². The molecule has 2 N–H and O–H groups in total. The molecule has 1 aromatic heterocycles. The molecule has 0 radical (unpaired) electrons. The van der Waals surface area contributed by atoms with Crippen LogP contribution in [0.5, 0.6) is 0 Å². The molecule has 3 atom stereocenters. The molecule has 2 fully saturated rings. The van der Waals surface area contributed by atoms with E-state index in [0.717, 1.165) is 4.90 Å². The zero-order valence-electron chi connectivity index (χ0n) is 20.7. The molecule has 202 valence electrons. The Balaban J connectivity index is 1.60. The van der Waals surface area contributed by atoms with Crippen molar-refractivity contribution in [3.8, 4) is 0 Å². The minimum atomic E-state index is -3.27. The number of halogens is 3. The monoisotopic (exact) mass is 549 g/mol. The second kappa shape index (κ2) is 10.0. The number of carbonyl (C=O) groups is 2. The van der Waals surface area contributed by atoms with Gasteiger partial charge in [-0.2, -0.15) is 0 Å². The molecular weight excluding hydrogens is 523 g/mol. The van der Waals surface area contributed by atoms with Gasteiger partial charge in [-0.05, 0) is 37.5 Å². The highest BCUT2D eigenvalue weighted by molar-refractivity contribution is 7.11. The molecule has 38 heavy (non-hydrogen) atoms. The lowest BCUT2D eigenvalue weighted by Crippen LogP contribution is -2.47. The first-order valence-electron chi connectivity index (χ1n) is 12.1. The number of amides is 1. The van der Waals surface area contributed by atoms with Crippen LogP contribution in [0.15, 0.2) is 46.0 Å². The van der Waals surface area contributed by atoms with Crippen LogP contribution in [-0.2, 0) is 9.53 Å². The van der Waals surface area contributed by atoms with Crippen LogP contribution in [0.4, 0.5) is 18.0 Å². The number of hydrogen-bond acceptors (Lipinski definition) is 8. The van der Waals surface area contributed by atoms with E-state index in [0.29, 0.717) is 22.0 Å². The fourth-order valence-electron chi connectivity index (χ4n) is 5.50. The number of alkyl halides is 2. The average Bonchev–Trinajstić information content (AvgIpc) is 3.60. The van der Waals surface area contributed by atoms with Gasteiger partial charge in [0.05, 0.1) is 18.7 Å². The first-order valence-corrected chi connectivity index (χ1v) is 13.0. The van der Waals surface area contributed by atoms with Gasteiger partial charge in [0.15, 0.2) is 10.8 Å². The van der Waals surface area contributed by atoms with E-state index in [-0.39, 0.29) is 37.4 Å². The lowest BCUT2D eigenvalue weighted by molar-refractivity contribution is -0.139. The third-order valence-electron chi connectivity index (χ3n) is 7.15. The van der Waals surface area contributed by atoms with Gasteiger partial charge in [-0.3, -0.25) is 14.8 Å². The van der Waals surface area contributed by atoms with Gasteiger partial charge in [0, 0.05) is 36.4 Å². The minimum Gasteiger partial charge on any atom is -0.465 e. The third kappa shape index (κ3) is 4.53. The first-order chi connectivity index (χ1) is 18.1. The van der Waals surface area contributed by atoms with Crippen LogP contribution in [0.1, 0.15) is 35.5 Å². The summed E-state index contributed by atoms with van der Waals surface area (Å²) < 4.78 is 50.1. The van der Waals surface area contributed by atoms with E-state index in [9.17, 15) is 19.1 Å². The number of rotatable bonds is 6. The number of fused-ring (bicyclic) bond motifs is 1. The number of amidine groups is 1. The van der Waals surface area contributed by atoms with Crippen LogP contribution >= 0.6 is 11.3 Å². The van der Waals surface area contributed by atoms with E-state index in [1.807, 2.05) is 0 Å². The summed E-state index contributed by atoms with van der Waals surface area (Å²) in [7, 11) is 0. The number of hydrogen-bond donors (Lipinski definition) is 2. The molecule has 0 bridgehead atoms. The molecule has 2 saturated heterocycles. The summed E-state index contributed by atoms with van der Waals surface area (Å²) in [5.41, 5.74) is 1.09. The number of aliphatic imine (C=N–C) groups is 1. The summed E-state index contributed by atoms with van der Waals surface area (Å²) in [5, 5.41) is 14.8. The molecule has 9 nitrogen and oxygen atoms in total. The fraction of sp³-hybridized carbons (Fsp3) is 0.440. The molecule has 1 aromatic carbocycles. The standard InChI is InChI=1S/C25H26F3N5O4S/c1-3-37-23(34)18-16(11-32-12-25(27,28)20-17(32)7-9-33(20)24(35)36)30-21(22-29-8-10-38-22)31-19(18)14-5-4-6-15(26)13(14)2/h4-6,8,10,17,19-20H,3,7,9,11-12H2,1-2H3,(H,30,31)(H,35,36)/t17-,19-,20+/m0/s1. The van der Waals surface area contributed by atoms with Crippen molar-refractivity contribution in [2.24, 2.45) is 4.99 Å². The molecule has 3 aliphatic rings. The van der Waals surface area contributed by atoms with E-state index in [4.69, 9.17) is 9.73 Å². The summed E-state index contributed by atoms with van der Waals surface area (Å²) in [4.78, 5) is 36.2. The van der Waals surface area contributed by atoms with Crippen molar-refractivity contribution in [1.29, 1.82) is 0 Å². The largest absolute Gasteiger partial charge is 0.465 e. The van der Waals surface area contributed by atoms with Gasteiger partial charge in [-0.25, -0.2) is 27.7 Å². The topological polar surface area (TPSA) is 107 Å². The number of esters is 1. The summed E-state index contributed by atoms with van der Waals surface area (Å²) in [6, 6.07) is 1.29. The smallest absolute Gasteiger partial charge is 0.407 e. The van der Waals surface area contributed by atoms with Gasteiger partial charge in [0.1, 0.15) is 17.9 Å². The maximum Gasteiger partial charge on any atom is 0.407 e. The molecule has 5 rings (SSSR count). The Labute approximate surface area is 220 Å². The Morgan fingerprint density at radius 2 is 2.13 bits per heavy atom. The van der Waals surface area contributed by atoms with Crippen LogP contribution in [0, 0.1) is 12.7 Å². The van der Waals surface area contributed by atoms with Crippen molar-refractivity contribution in [2.45, 2.75) is 44.3 Å². The molecule has 0 unspecified atom stereocenters. The predicted molar refractivity (Wildman–Crippen MR) is 133 cm³/mol. The molecule has 13 heteroatoms. The van der Waals surface area contributed by atoms with Crippen LogP contribution in [-0.4, -0.2) is 82.0 Å². The lowest BCUT2D eigenvalue weighted by atomic mass is 9.92. The first kappa shape index (κ1) is 26.2. The zero-order valence-corrected chi connectivity index (χ0v) is 21.5. The van der Waals surface area contributed by atoms with Gasteiger partial charge < -0.3 is 15.2 Å². The molecule has 4 heterocycles. The highest BCUT2D eigenvalue weighted by Gasteiger charge is 2.61. The quantitative estimate of drug-likeness (QED) is 0.531. The van der Waals surface area contributed by atoms with E-state index in [1.54, 1.807) is 31.5 Å². The van der Waals surface area contributed by atoms with Crippen LogP contribution in [0.25, 0.3) is 0 Å². The number of likely N-dealkylation sites (tertiary alicyclic amines) is 2. The van der Waals surface area contributed by atoms with E-state index in [1.165, 1.54) is 28.4 Å². The molecule has 1 amide bonds. The Kier molecular flexibility index (Phi) is 6.90. The van der Waals surface area contributed by atoms with Gasteiger partial charge >= 0.3 is 12.1 Å². The normalized spacial score (nSPS) is 24.7. The number of carboxylic acid groups (broad SMARTS) is 1. The molecule has 0 aliphatic carbocycles. The Bertz CT molecular complexity index is 1320. The minimum absolute atomic E-state index is 0.00903. The van der Waals surface area contributed by atoms with Gasteiger partial charge in [-0.15, -0.1) is 11.3 Å². The Morgan fingerprint density at radius 3 is 2.82 bits per heavy atom. The van der Waals surface area contributed by atoms with Crippen molar-refractivity contribution >= 4 is 29.2 Å². The Hall–Kier alpha value is -3.45. The summed E-state index contributed by atoms with van der Waals surface area (Å²) in [6.07, 6.45) is 0.428. The molecule has 0 saturated carbocycles. The number of aromatic nitrogens is 1. The van der Waals surface area contributed by atoms with Gasteiger partial charge in [-0.1, -0.05) is 12.1 Å². The number of thiazole rings is 1. The highest BCUT2D eigenvalue weighted by atomic mass is 32.1. The molecule has 3 aliphatic heterocycles. The molecule has 2 aromatic rings. The van der Waals surface area contributed by atoms with Crippen LogP contribution in [0.3, 0.4) is 0 Å². The number of nitrogens with one attached hydrogen (secondary N) is 1. The number of carbonyl (C=O) groups excluding carboxylic acids is 1.